The number of carbonyl (C=O) groups excluding carboxylic acids is 1. The van der Waals surface area contributed by atoms with Crippen LogP contribution in [0.1, 0.15) is 10.4 Å². The number of benzene rings is 2. The van der Waals surface area contributed by atoms with Crippen molar-refractivity contribution in [3.8, 4) is 5.75 Å². The number of fused-ring (bicyclic) bond motifs is 1. The number of esters is 1. The zero-order chi connectivity index (χ0) is 15.7. The molecule has 1 aromatic heterocycles. The second kappa shape index (κ2) is 5.94. The van der Waals surface area contributed by atoms with Crippen LogP contribution < -0.4 is 10.4 Å². The molecule has 0 radical (unpaired) electrons. The van der Waals surface area contributed by atoms with E-state index < -0.39 is 11.6 Å². The van der Waals surface area contributed by atoms with Crippen LogP contribution in [0, 0.1) is 0 Å². The molecule has 2 aromatic carbocycles. The van der Waals surface area contributed by atoms with E-state index in [1.165, 1.54) is 6.07 Å². The molecule has 6 heteroatoms. The van der Waals surface area contributed by atoms with Gasteiger partial charge in [-0.25, -0.2) is 9.59 Å². The number of carbonyl (C=O) groups is 1. The third-order valence-corrected chi connectivity index (χ3v) is 3.68. The molecule has 0 unspecified atom stereocenters. The minimum Gasteiger partial charge on any atom is -0.423 e. The average Bonchev–Trinajstić information content (AvgIpc) is 2.49. The predicted molar refractivity (Wildman–Crippen MR) is 86.6 cm³/mol. The Morgan fingerprint density at radius 3 is 2.55 bits per heavy atom. The van der Waals surface area contributed by atoms with Crippen LogP contribution in [0.2, 0.25) is 5.02 Å². The predicted octanol–water partition coefficient (Wildman–Crippen LogP) is 4.43. The van der Waals surface area contributed by atoms with Crippen molar-refractivity contribution < 1.29 is 13.9 Å². The minimum absolute atomic E-state index is 0.166. The van der Waals surface area contributed by atoms with Gasteiger partial charge in [-0.05, 0) is 48.5 Å². The maximum absolute atomic E-state index is 12.1. The van der Waals surface area contributed by atoms with Crippen LogP contribution in [0.5, 0.6) is 5.75 Å². The fraction of sp³-hybridized carbons (Fsp3) is 0. The van der Waals surface area contributed by atoms with E-state index in [2.05, 4.69) is 15.9 Å². The van der Waals surface area contributed by atoms with Crippen LogP contribution >= 0.6 is 27.5 Å². The van der Waals surface area contributed by atoms with Gasteiger partial charge >= 0.3 is 11.6 Å². The topological polar surface area (TPSA) is 56.5 Å². The minimum atomic E-state index is -0.780. The Bertz CT molecular complexity index is 916. The molecular weight excluding hydrogens is 372 g/mol. The summed E-state index contributed by atoms with van der Waals surface area (Å²) in [6.07, 6.45) is 0. The average molecular weight is 380 g/mol. The van der Waals surface area contributed by atoms with Crippen molar-refractivity contribution >= 4 is 44.5 Å². The lowest BCUT2D eigenvalue weighted by molar-refractivity contribution is 0.0730. The summed E-state index contributed by atoms with van der Waals surface area (Å²) in [6, 6.07) is 12.8. The Hall–Kier alpha value is -2.11. The molecule has 0 aliphatic rings. The monoisotopic (exact) mass is 378 g/mol. The summed E-state index contributed by atoms with van der Waals surface area (Å²) < 4.78 is 11.1. The second-order valence-electron chi connectivity index (χ2n) is 4.47. The summed E-state index contributed by atoms with van der Waals surface area (Å²) >= 11 is 9.09. The smallest absolute Gasteiger partial charge is 0.351 e. The van der Waals surface area contributed by atoms with Gasteiger partial charge in [-0.1, -0.05) is 27.5 Å². The van der Waals surface area contributed by atoms with Gasteiger partial charge in [0.1, 0.15) is 16.9 Å². The quantitative estimate of drug-likeness (QED) is 0.375. The normalized spacial score (nSPS) is 10.6. The summed E-state index contributed by atoms with van der Waals surface area (Å²) in [5.74, 6) is -0.485. The third-order valence-electron chi connectivity index (χ3n) is 2.94. The molecule has 0 saturated carbocycles. The van der Waals surface area contributed by atoms with Gasteiger partial charge in [0, 0.05) is 14.9 Å². The van der Waals surface area contributed by atoms with E-state index in [-0.39, 0.29) is 5.56 Å². The molecule has 3 aromatic rings. The number of halogens is 2. The first-order valence-corrected chi connectivity index (χ1v) is 7.41. The van der Waals surface area contributed by atoms with Crippen LogP contribution in [0.3, 0.4) is 0 Å². The van der Waals surface area contributed by atoms with Crippen LogP contribution in [0.15, 0.2) is 62.2 Å². The van der Waals surface area contributed by atoms with E-state index in [0.717, 1.165) is 4.47 Å². The molecule has 1 heterocycles. The highest BCUT2D eigenvalue weighted by Crippen LogP contribution is 2.20. The highest BCUT2D eigenvalue weighted by Gasteiger charge is 2.16. The lowest BCUT2D eigenvalue weighted by Gasteiger charge is -2.04. The SMILES string of the molecule is O=C(Oc1ccc(Cl)cc1)c1cc2cc(Br)ccc2oc1=O. The lowest BCUT2D eigenvalue weighted by atomic mass is 10.2. The van der Waals surface area contributed by atoms with Crippen LogP contribution in [-0.2, 0) is 0 Å². The molecule has 0 N–H and O–H groups in total. The standard InChI is InChI=1S/C16H8BrClO4/c17-10-1-6-14-9(7-10)8-13(16(20)22-14)15(19)21-12-4-2-11(18)3-5-12/h1-8H. The molecule has 0 fully saturated rings. The second-order valence-corrected chi connectivity index (χ2v) is 5.83. The number of hydrogen-bond donors (Lipinski definition) is 0. The lowest BCUT2D eigenvalue weighted by Crippen LogP contribution is -2.18. The summed E-state index contributed by atoms with van der Waals surface area (Å²) in [5, 5.41) is 1.15. The van der Waals surface area contributed by atoms with E-state index in [1.54, 1.807) is 42.5 Å². The Balaban J connectivity index is 1.98. The van der Waals surface area contributed by atoms with Gasteiger partial charge in [-0.2, -0.15) is 0 Å². The number of rotatable bonds is 2. The molecule has 0 amide bonds. The van der Waals surface area contributed by atoms with Crippen LogP contribution in [-0.4, -0.2) is 5.97 Å². The van der Waals surface area contributed by atoms with Crippen LogP contribution in [0.4, 0.5) is 0 Å². The molecule has 110 valence electrons. The van der Waals surface area contributed by atoms with E-state index in [4.69, 9.17) is 20.8 Å². The van der Waals surface area contributed by atoms with E-state index >= 15 is 0 Å². The van der Waals surface area contributed by atoms with Crippen molar-refractivity contribution in [1.29, 1.82) is 0 Å². The van der Waals surface area contributed by atoms with Gasteiger partial charge in [-0.15, -0.1) is 0 Å². The van der Waals surface area contributed by atoms with Crippen molar-refractivity contribution in [3.63, 3.8) is 0 Å². The van der Waals surface area contributed by atoms with Gasteiger partial charge in [0.25, 0.3) is 0 Å². The van der Waals surface area contributed by atoms with Crippen LogP contribution in [0.25, 0.3) is 11.0 Å². The Kier molecular flexibility index (Phi) is 4.00. The summed E-state index contributed by atoms with van der Waals surface area (Å²) in [7, 11) is 0. The highest BCUT2D eigenvalue weighted by atomic mass is 79.9. The first-order chi connectivity index (χ1) is 10.5. The molecule has 0 spiro atoms. The molecule has 0 aliphatic heterocycles. The van der Waals surface area contributed by atoms with Crippen molar-refractivity contribution in [2.24, 2.45) is 0 Å². The summed E-state index contributed by atoms with van der Waals surface area (Å²) in [6.45, 7) is 0. The fourth-order valence-corrected chi connectivity index (χ4v) is 2.41. The van der Waals surface area contributed by atoms with E-state index in [9.17, 15) is 9.59 Å². The maximum Gasteiger partial charge on any atom is 0.351 e. The third kappa shape index (κ3) is 3.05. The molecular formula is C16H8BrClO4. The first kappa shape index (κ1) is 14.8. The largest absolute Gasteiger partial charge is 0.423 e. The number of hydrogen-bond acceptors (Lipinski definition) is 4. The van der Waals surface area contributed by atoms with Gasteiger partial charge in [0.05, 0.1) is 0 Å². The van der Waals surface area contributed by atoms with Gasteiger partial charge in [0.2, 0.25) is 0 Å². The Morgan fingerprint density at radius 2 is 1.82 bits per heavy atom. The van der Waals surface area contributed by atoms with Gasteiger partial charge in [0.15, 0.2) is 0 Å². The van der Waals surface area contributed by atoms with Crippen molar-refractivity contribution in [3.05, 3.63) is 74.0 Å². The van der Waals surface area contributed by atoms with E-state index in [1.807, 2.05) is 0 Å². The summed E-state index contributed by atoms with van der Waals surface area (Å²) in [5.41, 5.74) is -0.509. The Morgan fingerprint density at radius 1 is 1.09 bits per heavy atom. The maximum atomic E-state index is 12.1. The van der Waals surface area contributed by atoms with Crippen molar-refractivity contribution in [2.45, 2.75) is 0 Å². The molecule has 3 rings (SSSR count). The molecule has 0 bridgehead atoms. The highest BCUT2D eigenvalue weighted by molar-refractivity contribution is 9.10. The van der Waals surface area contributed by atoms with E-state index in [0.29, 0.717) is 21.7 Å². The Labute approximate surface area is 138 Å². The fourth-order valence-electron chi connectivity index (χ4n) is 1.90. The van der Waals surface area contributed by atoms with Gasteiger partial charge in [-0.3, -0.25) is 0 Å². The molecule has 0 saturated heterocycles. The van der Waals surface area contributed by atoms with Gasteiger partial charge < -0.3 is 9.15 Å². The molecule has 22 heavy (non-hydrogen) atoms. The van der Waals surface area contributed by atoms with Crippen molar-refractivity contribution in [2.75, 3.05) is 0 Å². The first-order valence-electron chi connectivity index (χ1n) is 6.24. The zero-order valence-corrected chi connectivity index (χ0v) is 13.3. The molecule has 0 atom stereocenters. The molecule has 0 aliphatic carbocycles. The number of ether oxygens (including phenoxy) is 1. The summed E-state index contributed by atoms with van der Waals surface area (Å²) in [4.78, 5) is 24.0. The van der Waals surface area contributed by atoms with Crippen molar-refractivity contribution in [1.82, 2.24) is 0 Å². The zero-order valence-electron chi connectivity index (χ0n) is 11.0. The molecule has 4 nitrogen and oxygen atoms in total.